The van der Waals surface area contributed by atoms with Gasteiger partial charge in [0.25, 0.3) is 5.91 Å². The van der Waals surface area contributed by atoms with Crippen LogP contribution < -0.4 is 15.5 Å². The summed E-state index contributed by atoms with van der Waals surface area (Å²) in [5.41, 5.74) is 0.655. The summed E-state index contributed by atoms with van der Waals surface area (Å²) in [6.45, 7) is 3.14. The Labute approximate surface area is 171 Å². The van der Waals surface area contributed by atoms with Crippen molar-refractivity contribution >= 4 is 27.7 Å². The Bertz CT molecular complexity index is 610. The van der Waals surface area contributed by atoms with E-state index in [0.29, 0.717) is 5.56 Å². The Hall–Kier alpha value is -1.14. The van der Waals surface area contributed by atoms with Gasteiger partial charge in [0.15, 0.2) is 0 Å². The van der Waals surface area contributed by atoms with Gasteiger partial charge in [0, 0.05) is 36.8 Å². The molecule has 1 amide bonds. The third kappa shape index (κ3) is 5.92. The Morgan fingerprint density at radius 2 is 1.96 bits per heavy atom. The number of amides is 1. The molecule has 2 fully saturated rings. The van der Waals surface area contributed by atoms with E-state index in [0.717, 1.165) is 35.3 Å². The number of piperidine rings is 1. The molecule has 1 aliphatic carbocycles. The Morgan fingerprint density at radius 1 is 1.22 bits per heavy atom. The zero-order valence-corrected chi connectivity index (χ0v) is 18.1. The lowest BCUT2D eigenvalue weighted by Gasteiger charge is -2.34. The largest absolute Gasteiger partial charge is 0.356 e. The summed E-state index contributed by atoms with van der Waals surface area (Å²) in [5.74, 6) is 1.54. The fourth-order valence-electron chi connectivity index (χ4n) is 4.42. The van der Waals surface area contributed by atoms with E-state index in [4.69, 9.17) is 0 Å². The highest BCUT2D eigenvalue weighted by atomic mass is 79.9. The Balaban J connectivity index is 1.43. The minimum Gasteiger partial charge on any atom is -0.356 e. The van der Waals surface area contributed by atoms with Gasteiger partial charge in [-0.3, -0.25) is 4.79 Å². The Morgan fingerprint density at radius 3 is 2.67 bits per heavy atom. The van der Waals surface area contributed by atoms with Crippen LogP contribution in [0, 0.1) is 5.92 Å². The molecule has 0 radical (unpaired) electrons. The predicted molar refractivity (Wildman–Crippen MR) is 114 cm³/mol. The van der Waals surface area contributed by atoms with Crippen molar-refractivity contribution in [2.24, 2.45) is 5.92 Å². The summed E-state index contributed by atoms with van der Waals surface area (Å²) >= 11 is 3.42. The SMILES string of the molecule is CNC(=O)c1cc(Br)cnc1N1CCC(CCCNC2CCCCC2)CC1. The number of hydrogen-bond acceptors (Lipinski definition) is 4. The zero-order chi connectivity index (χ0) is 19.1. The molecule has 2 aliphatic rings. The molecule has 1 aromatic heterocycles. The standard InChI is InChI=1S/C21H33BrN4O/c1-23-21(27)19-14-17(22)15-25-20(19)26-12-9-16(10-13-26)6-5-11-24-18-7-3-2-4-8-18/h14-16,18,24H,2-13H2,1H3,(H,23,27). The van der Waals surface area contributed by atoms with Gasteiger partial charge in [-0.1, -0.05) is 19.3 Å². The first-order valence-corrected chi connectivity index (χ1v) is 11.3. The number of carbonyl (C=O) groups excluding carboxylic acids is 1. The van der Waals surface area contributed by atoms with Crippen LogP contribution in [0.25, 0.3) is 0 Å². The van der Waals surface area contributed by atoms with Crippen molar-refractivity contribution in [3.8, 4) is 0 Å². The van der Waals surface area contributed by atoms with E-state index in [-0.39, 0.29) is 5.91 Å². The van der Waals surface area contributed by atoms with E-state index in [1.807, 2.05) is 6.07 Å². The number of pyridine rings is 1. The van der Waals surface area contributed by atoms with Crippen LogP contribution in [0.1, 0.15) is 68.1 Å². The monoisotopic (exact) mass is 436 g/mol. The molecule has 1 saturated heterocycles. The third-order valence-electron chi connectivity index (χ3n) is 6.05. The van der Waals surface area contributed by atoms with E-state index in [1.165, 1.54) is 64.3 Å². The molecule has 2 N–H and O–H groups in total. The van der Waals surface area contributed by atoms with Crippen LogP contribution in [-0.2, 0) is 0 Å². The maximum Gasteiger partial charge on any atom is 0.254 e. The van der Waals surface area contributed by atoms with Crippen molar-refractivity contribution < 1.29 is 4.79 Å². The minimum atomic E-state index is -0.0743. The summed E-state index contributed by atoms with van der Waals surface area (Å²) in [5, 5.41) is 6.48. The van der Waals surface area contributed by atoms with Crippen molar-refractivity contribution in [3.63, 3.8) is 0 Å². The van der Waals surface area contributed by atoms with Gasteiger partial charge in [0.2, 0.25) is 0 Å². The van der Waals surface area contributed by atoms with E-state index < -0.39 is 0 Å². The van der Waals surface area contributed by atoms with Crippen LogP contribution in [0.2, 0.25) is 0 Å². The second-order valence-corrected chi connectivity index (χ2v) is 8.88. The first-order valence-electron chi connectivity index (χ1n) is 10.5. The average molecular weight is 437 g/mol. The Kier molecular flexibility index (Phi) is 7.94. The fraction of sp³-hybridized carbons (Fsp3) is 0.714. The van der Waals surface area contributed by atoms with E-state index in [1.54, 1.807) is 13.2 Å². The molecule has 0 spiro atoms. The average Bonchev–Trinajstić information content (AvgIpc) is 2.72. The molecular weight excluding hydrogens is 404 g/mol. The van der Waals surface area contributed by atoms with Crippen molar-refractivity contribution in [2.75, 3.05) is 31.6 Å². The lowest BCUT2D eigenvalue weighted by Crippen LogP contribution is -2.36. The predicted octanol–water partition coefficient (Wildman–Crippen LogP) is 4.12. The van der Waals surface area contributed by atoms with Gasteiger partial charge < -0.3 is 15.5 Å². The maximum absolute atomic E-state index is 12.2. The fourth-order valence-corrected chi connectivity index (χ4v) is 4.75. The molecule has 0 bridgehead atoms. The molecule has 3 rings (SSSR count). The van der Waals surface area contributed by atoms with Crippen molar-refractivity contribution in [3.05, 3.63) is 22.3 Å². The van der Waals surface area contributed by atoms with Crippen LogP contribution >= 0.6 is 15.9 Å². The quantitative estimate of drug-likeness (QED) is 0.630. The van der Waals surface area contributed by atoms with Crippen LogP contribution in [0.3, 0.4) is 0 Å². The normalized spacial score (nSPS) is 19.3. The van der Waals surface area contributed by atoms with Gasteiger partial charge in [-0.2, -0.15) is 0 Å². The van der Waals surface area contributed by atoms with E-state index in [9.17, 15) is 4.79 Å². The van der Waals surface area contributed by atoms with Gasteiger partial charge in [0.1, 0.15) is 5.82 Å². The topological polar surface area (TPSA) is 57.3 Å². The van der Waals surface area contributed by atoms with Gasteiger partial charge in [-0.05, 0) is 73.0 Å². The molecule has 150 valence electrons. The minimum absolute atomic E-state index is 0.0743. The van der Waals surface area contributed by atoms with Gasteiger partial charge in [0.05, 0.1) is 5.56 Å². The highest BCUT2D eigenvalue weighted by molar-refractivity contribution is 9.10. The van der Waals surface area contributed by atoms with Crippen molar-refractivity contribution in [1.82, 2.24) is 15.6 Å². The van der Waals surface area contributed by atoms with Gasteiger partial charge >= 0.3 is 0 Å². The lowest BCUT2D eigenvalue weighted by atomic mass is 9.91. The molecule has 2 heterocycles. The first kappa shape index (κ1) is 20.6. The number of aromatic nitrogens is 1. The van der Waals surface area contributed by atoms with Gasteiger partial charge in [-0.25, -0.2) is 4.98 Å². The molecule has 1 saturated carbocycles. The van der Waals surface area contributed by atoms with Crippen LogP contribution in [0.15, 0.2) is 16.7 Å². The number of nitrogens with one attached hydrogen (secondary N) is 2. The lowest BCUT2D eigenvalue weighted by molar-refractivity contribution is 0.0963. The van der Waals surface area contributed by atoms with Crippen LogP contribution in [0.4, 0.5) is 5.82 Å². The number of halogens is 1. The summed E-state index contributed by atoms with van der Waals surface area (Å²) < 4.78 is 0.838. The van der Waals surface area contributed by atoms with Crippen LogP contribution in [-0.4, -0.2) is 43.6 Å². The molecule has 6 heteroatoms. The maximum atomic E-state index is 12.2. The van der Waals surface area contributed by atoms with Crippen LogP contribution in [0.5, 0.6) is 0 Å². The molecule has 0 aromatic carbocycles. The summed E-state index contributed by atoms with van der Waals surface area (Å²) in [4.78, 5) is 19.0. The van der Waals surface area contributed by atoms with E-state index in [2.05, 4.69) is 36.4 Å². The molecule has 1 aliphatic heterocycles. The second kappa shape index (κ2) is 10.4. The highest BCUT2D eigenvalue weighted by Crippen LogP contribution is 2.28. The second-order valence-electron chi connectivity index (χ2n) is 7.97. The summed E-state index contributed by atoms with van der Waals surface area (Å²) in [7, 11) is 1.67. The molecule has 27 heavy (non-hydrogen) atoms. The number of anilines is 1. The summed E-state index contributed by atoms with van der Waals surface area (Å²) in [6.07, 6.45) is 13.7. The molecule has 0 atom stereocenters. The van der Waals surface area contributed by atoms with Gasteiger partial charge in [-0.15, -0.1) is 0 Å². The number of nitrogens with zero attached hydrogens (tertiary/aromatic N) is 2. The highest BCUT2D eigenvalue weighted by Gasteiger charge is 2.24. The zero-order valence-electron chi connectivity index (χ0n) is 16.5. The third-order valence-corrected chi connectivity index (χ3v) is 6.48. The molecule has 5 nitrogen and oxygen atoms in total. The molecule has 0 unspecified atom stereocenters. The molecular formula is C21H33BrN4O. The summed E-state index contributed by atoms with van der Waals surface area (Å²) in [6, 6.07) is 2.64. The first-order chi connectivity index (χ1) is 13.2. The number of carbonyl (C=O) groups is 1. The van der Waals surface area contributed by atoms with E-state index >= 15 is 0 Å². The van der Waals surface area contributed by atoms with Crippen molar-refractivity contribution in [2.45, 2.75) is 63.8 Å². The van der Waals surface area contributed by atoms with Crippen molar-refractivity contribution in [1.29, 1.82) is 0 Å². The number of hydrogen-bond donors (Lipinski definition) is 2. The smallest absolute Gasteiger partial charge is 0.254 e. The molecule has 1 aromatic rings. The number of rotatable bonds is 7.